The second-order valence-electron chi connectivity index (χ2n) is 10.4. The molecule has 3 rings (SSSR count). The van der Waals surface area contributed by atoms with Gasteiger partial charge in [0.25, 0.3) is 5.91 Å². The summed E-state index contributed by atoms with van der Waals surface area (Å²) in [5, 5.41) is 3.18. The van der Waals surface area contributed by atoms with E-state index in [9.17, 15) is 14.4 Å². The molecule has 3 amide bonds. The third-order valence-electron chi connectivity index (χ3n) is 7.80. The summed E-state index contributed by atoms with van der Waals surface area (Å²) in [5.41, 5.74) is 1.72. The van der Waals surface area contributed by atoms with Gasteiger partial charge in [0.05, 0.1) is 17.9 Å². The van der Waals surface area contributed by atoms with Gasteiger partial charge in [0.1, 0.15) is 0 Å². The fourth-order valence-corrected chi connectivity index (χ4v) is 5.79. The Labute approximate surface area is 211 Å². The molecule has 1 N–H and O–H groups in total. The van der Waals surface area contributed by atoms with Crippen LogP contribution in [0.5, 0.6) is 0 Å². The van der Waals surface area contributed by atoms with Crippen molar-refractivity contribution >= 4 is 17.7 Å². The predicted molar refractivity (Wildman–Crippen MR) is 141 cm³/mol. The van der Waals surface area contributed by atoms with Crippen molar-refractivity contribution in [1.29, 1.82) is 0 Å². The van der Waals surface area contributed by atoms with Gasteiger partial charge < -0.3 is 5.32 Å². The first-order valence-corrected chi connectivity index (χ1v) is 13.9. The fourth-order valence-electron chi connectivity index (χ4n) is 5.79. The Morgan fingerprint density at radius 2 is 1.43 bits per heavy atom. The van der Waals surface area contributed by atoms with Crippen molar-refractivity contribution in [3.63, 3.8) is 0 Å². The third-order valence-corrected chi connectivity index (χ3v) is 7.80. The molecule has 0 bridgehead atoms. The molecule has 5 heteroatoms. The molecule has 0 saturated carbocycles. The molecule has 0 unspecified atom stereocenters. The molecule has 2 aliphatic rings. The molecule has 4 atom stereocenters. The van der Waals surface area contributed by atoms with E-state index >= 15 is 0 Å². The van der Waals surface area contributed by atoms with E-state index < -0.39 is 12.0 Å². The fraction of sp³-hybridized carbons (Fsp3) is 0.633. The van der Waals surface area contributed by atoms with Gasteiger partial charge in [-0.3, -0.25) is 19.3 Å². The molecule has 1 heterocycles. The number of benzene rings is 1. The molecule has 1 aromatic carbocycles. The van der Waals surface area contributed by atoms with Crippen molar-refractivity contribution in [2.24, 2.45) is 17.8 Å². The Kier molecular flexibility index (Phi) is 10.6. The van der Waals surface area contributed by atoms with Gasteiger partial charge in [0.15, 0.2) is 0 Å². The summed E-state index contributed by atoms with van der Waals surface area (Å²) in [6.07, 6.45) is 15.8. The van der Waals surface area contributed by atoms with Crippen molar-refractivity contribution in [3.05, 3.63) is 47.5 Å². The number of nitrogens with one attached hydrogen (secondary N) is 1. The van der Waals surface area contributed by atoms with Gasteiger partial charge in [0, 0.05) is 12.6 Å². The number of unbranched alkanes of at least 4 members (excludes halogenated alkanes) is 8. The van der Waals surface area contributed by atoms with Crippen LogP contribution in [0.1, 0.15) is 101 Å². The highest BCUT2D eigenvalue weighted by Gasteiger charge is 2.55. The highest BCUT2D eigenvalue weighted by atomic mass is 16.2. The highest BCUT2D eigenvalue weighted by molar-refractivity contribution is 6.06. The number of nitrogens with zero attached hydrogens (tertiary/aromatic N) is 1. The minimum atomic E-state index is -0.503. The van der Waals surface area contributed by atoms with Crippen molar-refractivity contribution in [3.8, 4) is 0 Å². The lowest BCUT2D eigenvalue weighted by molar-refractivity contribution is -0.138. The molecular formula is C30H44N2O3. The summed E-state index contributed by atoms with van der Waals surface area (Å²) in [6, 6.07) is 8.73. The van der Waals surface area contributed by atoms with Crippen LogP contribution in [0.2, 0.25) is 0 Å². The van der Waals surface area contributed by atoms with E-state index in [0.717, 1.165) is 44.1 Å². The molecule has 0 radical (unpaired) electrons. The van der Waals surface area contributed by atoms with Crippen LogP contribution in [0.3, 0.4) is 0 Å². The number of rotatable bonds is 14. The number of amides is 3. The molecule has 1 aliphatic heterocycles. The number of imide groups is 1. The first-order valence-electron chi connectivity index (χ1n) is 13.9. The van der Waals surface area contributed by atoms with Crippen LogP contribution in [0.15, 0.2) is 42.0 Å². The minimum absolute atomic E-state index is 0.0681. The molecule has 1 fully saturated rings. The van der Waals surface area contributed by atoms with Gasteiger partial charge in [-0.05, 0) is 37.3 Å². The van der Waals surface area contributed by atoms with Gasteiger partial charge in [-0.15, -0.1) is 0 Å². The maximum Gasteiger partial charge on any atom is 0.251 e. The smallest absolute Gasteiger partial charge is 0.251 e. The zero-order chi connectivity index (χ0) is 25.2. The Hall–Kier alpha value is -2.43. The SMILES string of the molecule is CCCCCCCC1=C[C@H](CCCCCCC)[C@@H]2C(=O)N(C)C(=O)[C@@H]2[C@@H]1NC(=O)c1ccccc1. The van der Waals surface area contributed by atoms with E-state index in [2.05, 4.69) is 25.2 Å². The van der Waals surface area contributed by atoms with E-state index in [1.165, 1.54) is 43.4 Å². The van der Waals surface area contributed by atoms with Gasteiger partial charge in [-0.2, -0.15) is 0 Å². The van der Waals surface area contributed by atoms with Crippen LogP contribution in [-0.4, -0.2) is 35.7 Å². The van der Waals surface area contributed by atoms with Crippen molar-refractivity contribution in [1.82, 2.24) is 10.2 Å². The maximum atomic E-state index is 13.3. The third kappa shape index (κ3) is 6.83. The zero-order valence-corrected chi connectivity index (χ0v) is 21.9. The molecule has 1 saturated heterocycles. The van der Waals surface area contributed by atoms with Crippen LogP contribution in [0.4, 0.5) is 0 Å². The Balaban J connectivity index is 1.84. The Morgan fingerprint density at radius 1 is 0.829 bits per heavy atom. The van der Waals surface area contributed by atoms with E-state index in [1.54, 1.807) is 19.2 Å². The average molecular weight is 481 g/mol. The van der Waals surface area contributed by atoms with Crippen LogP contribution in [0, 0.1) is 17.8 Å². The Bertz CT molecular complexity index is 879. The zero-order valence-electron chi connectivity index (χ0n) is 21.9. The van der Waals surface area contributed by atoms with Crippen LogP contribution < -0.4 is 5.32 Å². The highest BCUT2D eigenvalue weighted by Crippen LogP contribution is 2.44. The predicted octanol–water partition coefficient (Wildman–Crippen LogP) is 6.29. The summed E-state index contributed by atoms with van der Waals surface area (Å²) >= 11 is 0. The maximum absolute atomic E-state index is 13.3. The largest absolute Gasteiger partial charge is 0.345 e. The summed E-state index contributed by atoms with van der Waals surface area (Å²) in [6.45, 7) is 4.42. The second kappa shape index (κ2) is 13.6. The molecular weight excluding hydrogens is 436 g/mol. The van der Waals surface area contributed by atoms with E-state index in [0.29, 0.717) is 5.56 Å². The first kappa shape index (κ1) is 27.2. The number of hydrogen-bond donors (Lipinski definition) is 1. The monoisotopic (exact) mass is 480 g/mol. The summed E-state index contributed by atoms with van der Waals surface area (Å²) in [4.78, 5) is 41.0. The first-order chi connectivity index (χ1) is 17.0. The molecule has 192 valence electrons. The summed E-state index contributed by atoms with van der Waals surface area (Å²) < 4.78 is 0. The van der Waals surface area contributed by atoms with Gasteiger partial charge in [-0.1, -0.05) is 101 Å². The topological polar surface area (TPSA) is 66.5 Å². The molecule has 35 heavy (non-hydrogen) atoms. The van der Waals surface area contributed by atoms with Crippen LogP contribution in [-0.2, 0) is 9.59 Å². The normalized spacial score (nSPS) is 23.9. The lowest BCUT2D eigenvalue weighted by Crippen LogP contribution is -2.49. The summed E-state index contributed by atoms with van der Waals surface area (Å²) in [7, 11) is 1.60. The van der Waals surface area contributed by atoms with Crippen molar-refractivity contribution < 1.29 is 14.4 Å². The Morgan fingerprint density at radius 3 is 2.09 bits per heavy atom. The number of fused-ring (bicyclic) bond motifs is 1. The van der Waals surface area contributed by atoms with Crippen molar-refractivity contribution in [2.75, 3.05) is 7.05 Å². The number of allylic oxidation sites excluding steroid dienone is 1. The standard InChI is InChI=1S/C30H44N2O3/c1-4-6-8-10-13-19-23-21-24(20-14-11-9-7-5-2)27(26-25(23)29(34)32(3)30(26)35)31-28(33)22-17-15-12-16-18-22/h12,15-18,21,23,25-27H,4-11,13-14,19-20H2,1-3H3,(H,31,33)/t23-,25-,26-,27+/m0/s1. The van der Waals surface area contributed by atoms with Gasteiger partial charge >= 0.3 is 0 Å². The number of hydrogen-bond acceptors (Lipinski definition) is 3. The quantitative estimate of drug-likeness (QED) is 0.193. The number of carbonyl (C=O) groups excluding carboxylic acids is 3. The lowest BCUT2D eigenvalue weighted by atomic mass is 9.69. The van der Waals surface area contributed by atoms with Gasteiger partial charge in [0.2, 0.25) is 11.8 Å². The second-order valence-corrected chi connectivity index (χ2v) is 10.4. The minimum Gasteiger partial charge on any atom is -0.345 e. The van der Waals surface area contributed by atoms with Crippen molar-refractivity contribution in [2.45, 2.75) is 96.9 Å². The average Bonchev–Trinajstić information content (AvgIpc) is 3.10. The molecule has 0 aromatic heterocycles. The van der Waals surface area contributed by atoms with Crippen LogP contribution in [0.25, 0.3) is 0 Å². The molecule has 1 aromatic rings. The molecule has 0 spiro atoms. The lowest BCUT2D eigenvalue weighted by Gasteiger charge is -2.37. The number of carbonyl (C=O) groups is 3. The van der Waals surface area contributed by atoms with E-state index in [4.69, 9.17) is 0 Å². The van der Waals surface area contributed by atoms with Crippen LogP contribution >= 0.6 is 0 Å². The van der Waals surface area contributed by atoms with E-state index in [1.807, 2.05) is 18.2 Å². The summed E-state index contributed by atoms with van der Waals surface area (Å²) in [5.74, 6) is -1.22. The number of likely N-dealkylation sites (tertiary alicyclic amines) is 1. The molecule has 5 nitrogen and oxygen atoms in total. The van der Waals surface area contributed by atoms with E-state index in [-0.39, 0.29) is 29.6 Å². The molecule has 1 aliphatic carbocycles. The van der Waals surface area contributed by atoms with Gasteiger partial charge in [-0.25, -0.2) is 0 Å².